The maximum Gasteiger partial charge on any atom is 0.277 e. The van der Waals surface area contributed by atoms with Crippen LogP contribution in [0.15, 0.2) is 52.4 Å². The van der Waals surface area contributed by atoms with Crippen LogP contribution in [0.3, 0.4) is 0 Å². The highest BCUT2D eigenvalue weighted by Gasteiger charge is 2.29. The van der Waals surface area contributed by atoms with E-state index in [1.165, 1.54) is 10.4 Å². The Bertz CT molecular complexity index is 1560. The molecule has 4 heterocycles. The molecular weight excluding hydrogens is 494 g/mol. The third kappa shape index (κ3) is 4.87. The van der Waals surface area contributed by atoms with Gasteiger partial charge in [-0.2, -0.15) is 9.40 Å². The van der Waals surface area contributed by atoms with Crippen molar-refractivity contribution in [3.63, 3.8) is 0 Å². The Balaban J connectivity index is 1.61. The third-order valence-corrected chi connectivity index (χ3v) is 8.34. The first-order valence-electron chi connectivity index (χ1n) is 12.3. The number of aromatic amines is 2. The highest BCUT2D eigenvalue weighted by atomic mass is 32.2. The molecule has 12 heteroatoms. The van der Waals surface area contributed by atoms with Crippen molar-refractivity contribution < 1.29 is 13.2 Å². The number of fused-ring (bicyclic) bond motifs is 1. The van der Waals surface area contributed by atoms with Crippen LogP contribution in [0.5, 0.6) is 5.75 Å². The summed E-state index contributed by atoms with van der Waals surface area (Å²) < 4.78 is 34.5. The normalized spacial score (nSPS) is 15.3. The van der Waals surface area contributed by atoms with Crippen molar-refractivity contribution >= 4 is 21.1 Å². The van der Waals surface area contributed by atoms with Gasteiger partial charge in [-0.15, -0.1) is 0 Å². The molecule has 0 amide bonds. The molecule has 0 atom stereocenters. The van der Waals surface area contributed by atoms with Gasteiger partial charge in [-0.1, -0.05) is 13.8 Å². The number of ether oxygens (including phenoxy) is 1. The highest BCUT2D eigenvalue weighted by Crippen LogP contribution is 2.33. The number of hydrogen-bond acceptors (Lipinski definition) is 8. The van der Waals surface area contributed by atoms with Gasteiger partial charge >= 0.3 is 0 Å². The lowest BCUT2D eigenvalue weighted by atomic mass is 10.1. The van der Waals surface area contributed by atoms with E-state index in [0.29, 0.717) is 60.9 Å². The molecule has 4 aromatic rings. The van der Waals surface area contributed by atoms with Crippen molar-refractivity contribution in [3.8, 4) is 28.4 Å². The van der Waals surface area contributed by atoms with Crippen LogP contribution in [-0.4, -0.2) is 82.1 Å². The van der Waals surface area contributed by atoms with E-state index in [0.717, 1.165) is 13.0 Å². The van der Waals surface area contributed by atoms with Gasteiger partial charge in [-0.3, -0.25) is 14.9 Å². The molecule has 194 valence electrons. The number of H-pyrrole nitrogens is 2. The lowest BCUT2D eigenvalue weighted by Crippen LogP contribution is -2.48. The summed E-state index contributed by atoms with van der Waals surface area (Å²) in [7, 11) is -3.75. The Morgan fingerprint density at radius 2 is 1.92 bits per heavy atom. The minimum atomic E-state index is -3.75. The summed E-state index contributed by atoms with van der Waals surface area (Å²) in [5, 5.41) is 7.03. The first-order chi connectivity index (χ1) is 17.9. The molecule has 1 fully saturated rings. The summed E-state index contributed by atoms with van der Waals surface area (Å²) in [5.41, 5.74) is 1.72. The van der Waals surface area contributed by atoms with E-state index in [-0.39, 0.29) is 16.2 Å². The molecule has 1 aliphatic rings. The summed E-state index contributed by atoms with van der Waals surface area (Å²) in [6.07, 6.45) is 4.05. The monoisotopic (exact) mass is 523 g/mol. The second-order valence-electron chi connectivity index (χ2n) is 8.80. The Labute approximate surface area is 214 Å². The molecule has 37 heavy (non-hydrogen) atoms. The van der Waals surface area contributed by atoms with Crippen molar-refractivity contribution in [1.82, 2.24) is 34.4 Å². The summed E-state index contributed by atoms with van der Waals surface area (Å²) in [6.45, 7) is 7.57. The predicted molar refractivity (Wildman–Crippen MR) is 140 cm³/mol. The van der Waals surface area contributed by atoms with Gasteiger partial charge in [0.15, 0.2) is 0 Å². The van der Waals surface area contributed by atoms with Crippen LogP contribution in [0.2, 0.25) is 0 Å². The van der Waals surface area contributed by atoms with Crippen LogP contribution in [-0.2, 0) is 10.0 Å². The number of nitrogens with one attached hydrogen (secondary N) is 2. The van der Waals surface area contributed by atoms with E-state index in [9.17, 15) is 13.2 Å². The molecule has 0 radical (unpaired) electrons. The number of nitrogens with zero attached hydrogens (tertiary/aromatic N) is 5. The number of rotatable bonds is 8. The van der Waals surface area contributed by atoms with E-state index in [1.807, 2.05) is 13.0 Å². The van der Waals surface area contributed by atoms with Crippen LogP contribution in [0.4, 0.5) is 0 Å². The minimum Gasteiger partial charge on any atom is -0.493 e. The summed E-state index contributed by atoms with van der Waals surface area (Å²) >= 11 is 0. The molecule has 0 unspecified atom stereocenters. The van der Waals surface area contributed by atoms with Gasteiger partial charge in [0.2, 0.25) is 10.0 Å². The van der Waals surface area contributed by atoms with E-state index >= 15 is 0 Å². The molecule has 5 rings (SSSR count). The summed E-state index contributed by atoms with van der Waals surface area (Å²) in [4.78, 5) is 26.9. The number of sulfonamides is 1. The van der Waals surface area contributed by atoms with Crippen LogP contribution in [0.1, 0.15) is 20.3 Å². The third-order valence-electron chi connectivity index (χ3n) is 6.44. The molecule has 0 bridgehead atoms. The zero-order chi connectivity index (χ0) is 26.0. The van der Waals surface area contributed by atoms with Gasteiger partial charge in [0.25, 0.3) is 5.56 Å². The lowest BCUT2D eigenvalue weighted by molar-refractivity contribution is 0.196. The first kappa shape index (κ1) is 25.1. The van der Waals surface area contributed by atoms with Gasteiger partial charge in [0, 0.05) is 44.1 Å². The van der Waals surface area contributed by atoms with Gasteiger partial charge in [0.1, 0.15) is 28.3 Å². The molecule has 3 aromatic heterocycles. The van der Waals surface area contributed by atoms with E-state index in [2.05, 4.69) is 32.0 Å². The van der Waals surface area contributed by atoms with Crippen molar-refractivity contribution in [1.29, 1.82) is 0 Å². The maximum absolute atomic E-state index is 13.5. The highest BCUT2D eigenvalue weighted by molar-refractivity contribution is 7.89. The van der Waals surface area contributed by atoms with Gasteiger partial charge in [0.05, 0.1) is 17.1 Å². The predicted octanol–water partition coefficient (Wildman–Crippen LogP) is 2.49. The lowest BCUT2D eigenvalue weighted by Gasteiger charge is -2.33. The van der Waals surface area contributed by atoms with Crippen molar-refractivity contribution in [3.05, 3.63) is 53.1 Å². The topological polar surface area (TPSA) is 137 Å². The van der Waals surface area contributed by atoms with E-state index in [4.69, 9.17) is 9.72 Å². The zero-order valence-electron chi connectivity index (χ0n) is 20.8. The largest absolute Gasteiger partial charge is 0.493 e. The average Bonchev–Trinajstić information content (AvgIpc) is 3.37. The molecule has 1 aliphatic heterocycles. The first-order valence-corrected chi connectivity index (χ1v) is 13.7. The standard InChI is InChI=1S/C25H29N7O4S/c1-3-14-36-20-8-7-18(37(34,35)32-12-10-31(4-2)11-13-32)15-19(20)24-27-22-21(17-6-5-9-26-16-17)29-30-23(22)25(33)28-24/h5-9,15-16H,3-4,10-14H2,1-2H3,(H,29,30)(H,27,28,33). The number of hydrogen-bond donors (Lipinski definition) is 2. The Kier molecular flexibility index (Phi) is 7.04. The van der Waals surface area contributed by atoms with Crippen LogP contribution in [0, 0.1) is 0 Å². The van der Waals surface area contributed by atoms with E-state index < -0.39 is 15.6 Å². The molecular formula is C25H29N7O4S. The molecule has 2 N–H and O–H groups in total. The van der Waals surface area contributed by atoms with Crippen molar-refractivity contribution in [2.75, 3.05) is 39.3 Å². The summed E-state index contributed by atoms with van der Waals surface area (Å²) in [5.74, 6) is 0.633. The van der Waals surface area contributed by atoms with Gasteiger partial charge in [-0.05, 0) is 43.3 Å². The summed E-state index contributed by atoms with van der Waals surface area (Å²) in [6, 6.07) is 8.30. The Hall–Kier alpha value is -3.61. The molecule has 0 spiro atoms. The molecule has 1 aromatic carbocycles. The molecule has 11 nitrogen and oxygen atoms in total. The molecule has 0 aliphatic carbocycles. The number of benzene rings is 1. The van der Waals surface area contributed by atoms with E-state index in [1.54, 1.807) is 30.6 Å². The number of likely N-dealkylation sites (N-methyl/N-ethyl adjacent to an activating group) is 1. The van der Waals surface area contributed by atoms with Crippen LogP contribution >= 0.6 is 0 Å². The average molecular weight is 524 g/mol. The second-order valence-corrected chi connectivity index (χ2v) is 10.7. The number of pyridine rings is 1. The zero-order valence-corrected chi connectivity index (χ0v) is 21.6. The minimum absolute atomic E-state index is 0.124. The Morgan fingerprint density at radius 3 is 2.62 bits per heavy atom. The SMILES string of the molecule is CCCOc1ccc(S(=O)(=O)N2CCN(CC)CC2)cc1-c1nc2c(-c3cccnc3)n[nH]c2c(=O)[nH]1. The fraction of sp³-hybridized carbons (Fsp3) is 0.360. The second kappa shape index (κ2) is 10.4. The smallest absolute Gasteiger partial charge is 0.277 e. The van der Waals surface area contributed by atoms with Crippen LogP contribution in [0.25, 0.3) is 33.7 Å². The maximum atomic E-state index is 13.5. The number of aromatic nitrogens is 5. The van der Waals surface area contributed by atoms with Gasteiger partial charge in [-0.25, -0.2) is 13.4 Å². The molecule has 1 saturated heterocycles. The molecule has 0 saturated carbocycles. The Morgan fingerprint density at radius 1 is 1.11 bits per heavy atom. The quantitative estimate of drug-likeness (QED) is 0.359. The van der Waals surface area contributed by atoms with Crippen LogP contribution < -0.4 is 10.3 Å². The number of piperazine rings is 1. The fourth-order valence-corrected chi connectivity index (χ4v) is 5.82. The van der Waals surface area contributed by atoms with Crippen molar-refractivity contribution in [2.45, 2.75) is 25.2 Å². The van der Waals surface area contributed by atoms with Gasteiger partial charge < -0.3 is 14.6 Å². The van der Waals surface area contributed by atoms with Crippen molar-refractivity contribution in [2.24, 2.45) is 0 Å². The fourth-order valence-electron chi connectivity index (χ4n) is 4.37.